The second-order valence-corrected chi connectivity index (χ2v) is 8.74. The highest BCUT2D eigenvalue weighted by Gasteiger charge is 2.29. The molecule has 1 aliphatic heterocycles. The normalized spacial score (nSPS) is 14.3. The molecule has 0 saturated carbocycles. The van der Waals surface area contributed by atoms with Crippen molar-refractivity contribution in [3.8, 4) is 11.5 Å². The van der Waals surface area contributed by atoms with Crippen LogP contribution in [0.5, 0.6) is 11.5 Å². The maximum absolute atomic E-state index is 13.4. The monoisotopic (exact) mass is 472 g/mol. The molecule has 0 radical (unpaired) electrons. The van der Waals surface area contributed by atoms with Gasteiger partial charge in [-0.3, -0.25) is 9.59 Å². The Hall–Kier alpha value is -2.73. The van der Waals surface area contributed by atoms with Gasteiger partial charge in [0.25, 0.3) is 0 Å². The highest BCUT2D eigenvalue weighted by atomic mass is 35.5. The highest BCUT2D eigenvalue weighted by Crippen LogP contribution is 2.31. The van der Waals surface area contributed by atoms with Crippen LogP contribution >= 0.6 is 11.6 Å². The standard InChI is InChI=1S/C26H33ClN2O4/c1-4-18(3)28-26(31)22(5-2)29(17-20-8-6-7-9-21(20)27)25(30)13-11-19-10-12-23-24(16-19)33-15-14-32-23/h6-10,12,16,18,22H,4-5,11,13-15,17H2,1-3H3,(H,28,31)/t18-,22+/m1/s1. The van der Waals surface area contributed by atoms with Gasteiger partial charge in [-0.25, -0.2) is 0 Å². The number of nitrogens with one attached hydrogen (secondary N) is 1. The summed E-state index contributed by atoms with van der Waals surface area (Å²) >= 11 is 6.38. The molecule has 2 aromatic rings. The predicted molar refractivity (Wildman–Crippen MR) is 130 cm³/mol. The number of amides is 2. The van der Waals surface area contributed by atoms with Crippen LogP contribution in [-0.4, -0.2) is 42.0 Å². The summed E-state index contributed by atoms with van der Waals surface area (Å²) in [7, 11) is 0. The first-order chi connectivity index (χ1) is 15.9. The van der Waals surface area contributed by atoms with E-state index in [2.05, 4.69) is 5.32 Å². The molecular weight excluding hydrogens is 440 g/mol. The van der Waals surface area contributed by atoms with E-state index in [9.17, 15) is 9.59 Å². The lowest BCUT2D eigenvalue weighted by Gasteiger charge is -2.32. The zero-order valence-electron chi connectivity index (χ0n) is 19.6. The summed E-state index contributed by atoms with van der Waals surface area (Å²) in [6.07, 6.45) is 2.16. The molecule has 7 heteroatoms. The van der Waals surface area contributed by atoms with Gasteiger partial charge in [-0.15, -0.1) is 0 Å². The topological polar surface area (TPSA) is 67.9 Å². The van der Waals surface area contributed by atoms with Gasteiger partial charge in [-0.2, -0.15) is 0 Å². The number of carbonyl (C=O) groups is 2. The SMILES string of the molecule is CC[C@@H](C)NC(=O)[C@H](CC)N(Cc1ccccc1Cl)C(=O)CCc1ccc2c(c1)OCCO2. The number of benzene rings is 2. The Bertz CT molecular complexity index is 965. The molecule has 0 aromatic heterocycles. The van der Waals surface area contributed by atoms with Crippen LogP contribution in [0, 0.1) is 0 Å². The number of aryl methyl sites for hydroxylation is 1. The number of hydrogen-bond donors (Lipinski definition) is 1. The van der Waals surface area contributed by atoms with E-state index >= 15 is 0 Å². The van der Waals surface area contributed by atoms with Crippen LogP contribution in [0.15, 0.2) is 42.5 Å². The molecule has 1 heterocycles. The first kappa shape index (κ1) is 24.9. The van der Waals surface area contributed by atoms with Gasteiger partial charge in [-0.05, 0) is 55.5 Å². The molecule has 0 aliphatic carbocycles. The molecule has 1 N–H and O–H groups in total. The van der Waals surface area contributed by atoms with E-state index in [1.165, 1.54) is 0 Å². The van der Waals surface area contributed by atoms with Crippen molar-refractivity contribution in [1.82, 2.24) is 10.2 Å². The van der Waals surface area contributed by atoms with Gasteiger partial charge in [0.05, 0.1) is 0 Å². The summed E-state index contributed by atoms with van der Waals surface area (Å²) in [5.74, 6) is 1.21. The number of halogens is 1. The Labute approximate surface area is 201 Å². The molecule has 2 amide bonds. The quantitative estimate of drug-likeness (QED) is 0.541. The third-order valence-corrected chi connectivity index (χ3v) is 6.29. The summed E-state index contributed by atoms with van der Waals surface area (Å²) < 4.78 is 11.2. The predicted octanol–water partition coefficient (Wildman–Crippen LogP) is 4.77. The Morgan fingerprint density at radius 2 is 1.79 bits per heavy atom. The second-order valence-electron chi connectivity index (χ2n) is 8.33. The van der Waals surface area contributed by atoms with E-state index < -0.39 is 6.04 Å². The number of fused-ring (bicyclic) bond motifs is 1. The molecule has 0 saturated heterocycles. The summed E-state index contributed by atoms with van der Waals surface area (Å²) in [5.41, 5.74) is 1.81. The Morgan fingerprint density at radius 3 is 2.48 bits per heavy atom. The summed E-state index contributed by atoms with van der Waals surface area (Å²) in [4.78, 5) is 28.1. The molecule has 6 nitrogen and oxygen atoms in total. The van der Waals surface area contributed by atoms with Crippen molar-refractivity contribution in [3.05, 3.63) is 58.6 Å². The van der Waals surface area contributed by atoms with Crippen molar-refractivity contribution in [2.24, 2.45) is 0 Å². The molecule has 0 spiro atoms. The molecule has 33 heavy (non-hydrogen) atoms. The van der Waals surface area contributed by atoms with Crippen LogP contribution in [0.2, 0.25) is 5.02 Å². The second kappa shape index (κ2) is 11.9. The lowest BCUT2D eigenvalue weighted by Crippen LogP contribution is -2.50. The fraction of sp³-hybridized carbons (Fsp3) is 0.462. The average molecular weight is 473 g/mol. The van der Waals surface area contributed by atoms with Gasteiger partial charge in [0.1, 0.15) is 19.3 Å². The fourth-order valence-corrected chi connectivity index (χ4v) is 4.00. The van der Waals surface area contributed by atoms with Crippen LogP contribution < -0.4 is 14.8 Å². The maximum atomic E-state index is 13.4. The van der Waals surface area contributed by atoms with Gasteiger partial charge in [0, 0.05) is 24.0 Å². The summed E-state index contributed by atoms with van der Waals surface area (Å²) in [6, 6.07) is 12.7. The molecule has 1 aliphatic rings. The zero-order valence-corrected chi connectivity index (χ0v) is 20.4. The van der Waals surface area contributed by atoms with E-state index in [4.69, 9.17) is 21.1 Å². The third-order valence-electron chi connectivity index (χ3n) is 5.92. The number of carbonyl (C=O) groups excluding carboxylic acids is 2. The number of nitrogens with zero attached hydrogens (tertiary/aromatic N) is 1. The molecule has 0 bridgehead atoms. The highest BCUT2D eigenvalue weighted by molar-refractivity contribution is 6.31. The van der Waals surface area contributed by atoms with Crippen molar-refractivity contribution in [2.45, 2.75) is 65.1 Å². The van der Waals surface area contributed by atoms with Crippen molar-refractivity contribution in [1.29, 1.82) is 0 Å². The Balaban J connectivity index is 1.77. The zero-order chi connectivity index (χ0) is 23.8. The molecule has 2 aromatic carbocycles. The largest absolute Gasteiger partial charge is 0.486 e. The minimum absolute atomic E-state index is 0.0431. The summed E-state index contributed by atoms with van der Waals surface area (Å²) in [6.45, 7) is 7.25. The number of rotatable bonds is 10. The molecular formula is C26H33ClN2O4. The fourth-order valence-electron chi connectivity index (χ4n) is 3.81. The number of ether oxygens (including phenoxy) is 2. The molecule has 2 atom stereocenters. The number of hydrogen-bond acceptors (Lipinski definition) is 4. The maximum Gasteiger partial charge on any atom is 0.243 e. The van der Waals surface area contributed by atoms with E-state index in [1.54, 1.807) is 11.0 Å². The molecule has 0 unspecified atom stereocenters. The van der Waals surface area contributed by atoms with Gasteiger partial charge in [-0.1, -0.05) is 49.7 Å². The Morgan fingerprint density at radius 1 is 1.06 bits per heavy atom. The first-order valence-corrected chi connectivity index (χ1v) is 12.0. The minimum Gasteiger partial charge on any atom is -0.486 e. The van der Waals surface area contributed by atoms with E-state index in [-0.39, 0.29) is 30.8 Å². The Kier molecular flexibility index (Phi) is 9.01. The molecule has 3 rings (SSSR count). The van der Waals surface area contributed by atoms with Crippen LogP contribution in [-0.2, 0) is 22.6 Å². The van der Waals surface area contributed by atoms with Crippen molar-refractivity contribution in [2.75, 3.05) is 13.2 Å². The lowest BCUT2D eigenvalue weighted by molar-refractivity contribution is -0.141. The van der Waals surface area contributed by atoms with E-state index in [0.29, 0.717) is 36.8 Å². The van der Waals surface area contributed by atoms with Crippen LogP contribution in [0.4, 0.5) is 0 Å². The average Bonchev–Trinajstić information content (AvgIpc) is 2.83. The van der Waals surface area contributed by atoms with Crippen LogP contribution in [0.25, 0.3) is 0 Å². The smallest absolute Gasteiger partial charge is 0.243 e. The van der Waals surface area contributed by atoms with E-state index in [0.717, 1.165) is 23.3 Å². The summed E-state index contributed by atoms with van der Waals surface area (Å²) in [5, 5.41) is 3.61. The first-order valence-electron chi connectivity index (χ1n) is 11.6. The minimum atomic E-state index is -0.567. The van der Waals surface area contributed by atoms with Crippen molar-refractivity contribution < 1.29 is 19.1 Å². The molecule has 0 fully saturated rings. The van der Waals surface area contributed by atoms with Gasteiger partial charge in [0.15, 0.2) is 11.5 Å². The van der Waals surface area contributed by atoms with Gasteiger partial charge < -0.3 is 19.7 Å². The molecule has 178 valence electrons. The lowest BCUT2D eigenvalue weighted by atomic mass is 10.0. The third kappa shape index (κ3) is 6.64. The van der Waals surface area contributed by atoms with Crippen molar-refractivity contribution >= 4 is 23.4 Å². The van der Waals surface area contributed by atoms with Gasteiger partial charge in [0.2, 0.25) is 11.8 Å². The van der Waals surface area contributed by atoms with Crippen LogP contribution in [0.1, 0.15) is 51.2 Å². The van der Waals surface area contributed by atoms with Crippen LogP contribution in [0.3, 0.4) is 0 Å². The van der Waals surface area contributed by atoms with Gasteiger partial charge >= 0.3 is 0 Å². The van der Waals surface area contributed by atoms with E-state index in [1.807, 2.05) is 57.2 Å². The van der Waals surface area contributed by atoms with Crippen molar-refractivity contribution in [3.63, 3.8) is 0 Å².